The molecule has 7 nitrogen and oxygen atoms in total. The van der Waals surface area contributed by atoms with Crippen LogP contribution in [0.25, 0.3) is 0 Å². The third-order valence-electron chi connectivity index (χ3n) is 5.81. The van der Waals surface area contributed by atoms with Gasteiger partial charge in [0.2, 0.25) is 5.89 Å². The van der Waals surface area contributed by atoms with Crippen molar-refractivity contribution in [3.05, 3.63) is 35.3 Å². The van der Waals surface area contributed by atoms with Gasteiger partial charge in [-0.05, 0) is 19.4 Å². The number of piperidine rings is 1. The molecule has 0 unspecified atom stereocenters. The number of likely N-dealkylation sites (tertiary alicyclic amines) is 1. The largest absolute Gasteiger partial charge is 0.444 e. The minimum atomic E-state index is -0.00000474. The van der Waals surface area contributed by atoms with Crippen molar-refractivity contribution in [2.45, 2.75) is 58.0 Å². The second kappa shape index (κ2) is 8.35. The topological polar surface area (TPSA) is 70.4 Å². The Bertz CT molecular complexity index is 757. The summed E-state index contributed by atoms with van der Waals surface area (Å²) in [6.07, 6.45) is 6.28. The fourth-order valence-electron chi connectivity index (χ4n) is 4.16. The van der Waals surface area contributed by atoms with E-state index in [1.54, 1.807) is 0 Å². The van der Waals surface area contributed by atoms with Gasteiger partial charge in [0.25, 0.3) is 0 Å². The van der Waals surface area contributed by atoms with Crippen LogP contribution >= 0.6 is 0 Å². The zero-order valence-electron chi connectivity index (χ0n) is 17.4. The van der Waals surface area contributed by atoms with Crippen molar-refractivity contribution >= 4 is 0 Å². The number of ether oxygens (including phenoxy) is 1. The van der Waals surface area contributed by atoms with Gasteiger partial charge in [-0.3, -0.25) is 14.9 Å². The molecular weight excluding hydrogens is 354 g/mol. The number of hydrogen-bond acceptors (Lipinski definition) is 6. The first-order valence-electron chi connectivity index (χ1n) is 10.5. The zero-order valence-corrected chi connectivity index (χ0v) is 17.4. The lowest BCUT2D eigenvalue weighted by Gasteiger charge is -2.32. The van der Waals surface area contributed by atoms with Crippen molar-refractivity contribution in [3.8, 4) is 0 Å². The Hall–Kier alpha value is -1.70. The Kier molecular flexibility index (Phi) is 5.85. The third kappa shape index (κ3) is 4.64. The standard InChI is InChI=1S/C21H33N5O2/c1-21(2,3)18-12-22-19(28-18)15-26-6-4-5-16(13-26)20-17(11-23-24-20)14-25-7-9-27-10-8-25/h11-12,16H,4-10,13-15H2,1-3H3,(H,23,24)/t16-/m1/s1. The first-order chi connectivity index (χ1) is 13.5. The van der Waals surface area contributed by atoms with Gasteiger partial charge in [0.05, 0.1) is 32.2 Å². The highest BCUT2D eigenvalue weighted by Crippen LogP contribution is 2.30. The van der Waals surface area contributed by atoms with Crippen LogP contribution in [0.5, 0.6) is 0 Å². The van der Waals surface area contributed by atoms with Gasteiger partial charge < -0.3 is 9.15 Å². The van der Waals surface area contributed by atoms with E-state index in [0.717, 1.165) is 64.1 Å². The number of rotatable bonds is 5. The van der Waals surface area contributed by atoms with Crippen LogP contribution in [-0.2, 0) is 23.2 Å². The molecule has 2 fully saturated rings. The van der Waals surface area contributed by atoms with Crippen LogP contribution in [0.3, 0.4) is 0 Å². The molecule has 4 rings (SSSR count). The number of aromatic nitrogens is 3. The number of hydrogen-bond donors (Lipinski definition) is 1. The second-order valence-corrected chi connectivity index (χ2v) is 9.14. The van der Waals surface area contributed by atoms with Gasteiger partial charge in [-0.1, -0.05) is 20.8 Å². The maximum absolute atomic E-state index is 6.01. The molecule has 2 aromatic heterocycles. The third-order valence-corrected chi connectivity index (χ3v) is 5.81. The average Bonchev–Trinajstić information content (AvgIpc) is 3.32. The van der Waals surface area contributed by atoms with Crippen LogP contribution in [0.4, 0.5) is 0 Å². The van der Waals surface area contributed by atoms with Gasteiger partial charge in [-0.2, -0.15) is 5.10 Å². The van der Waals surface area contributed by atoms with Crippen LogP contribution in [0.1, 0.15) is 62.4 Å². The van der Waals surface area contributed by atoms with E-state index in [4.69, 9.17) is 9.15 Å². The van der Waals surface area contributed by atoms with E-state index in [0.29, 0.717) is 5.92 Å². The molecule has 7 heteroatoms. The Morgan fingerprint density at radius 3 is 2.68 bits per heavy atom. The molecule has 0 aromatic carbocycles. The summed E-state index contributed by atoms with van der Waals surface area (Å²) in [6.45, 7) is 14.0. The molecule has 154 valence electrons. The molecule has 2 aliphatic heterocycles. The summed E-state index contributed by atoms with van der Waals surface area (Å²) in [5.74, 6) is 2.27. The molecule has 4 heterocycles. The summed E-state index contributed by atoms with van der Waals surface area (Å²) in [4.78, 5) is 9.43. The van der Waals surface area contributed by atoms with Gasteiger partial charge in [0.1, 0.15) is 5.76 Å². The van der Waals surface area contributed by atoms with Crippen molar-refractivity contribution in [2.75, 3.05) is 39.4 Å². The number of morpholine rings is 1. The van der Waals surface area contributed by atoms with Gasteiger partial charge in [0.15, 0.2) is 0 Å². The summed E-state index contributed by atoms with van der Waals surface area (Å²) in [7, 11) is 0. The van der Waals surface area contributed by atoms with Crippen molar-refractivity contribution in [3.63, 3.8) is 0 Å². The number of aromatic amines is 1. The first-order valence-corrected chi connectivity index (χ1v) is 10.5. The maximum Gasteiger partial charge on any atom is 0.208 e. The van der Waals surface area contributed by atoms with Crippen molar-refractivity contribution in [1.82, 2.24) is 25.0 Å². The van der Waals surface area contributed by atoms with Crippen LogP contribution < -0.4 is 0 Å². The van der Waals surface area contributed by atoms with Crippen molar-refractivity contribution in [2.24, 2.45) is 0 Å². The van der Waals surface area contributed by atoms with E-state index in [1.165, 1.54) is 24.1 Å². The van der Waals surface area contributed by atoms with Gasteiger partial charge in [0, 0.05) is 48.8 Å². The first kappa shape index (κ1) is 19.6. The molecule has 1 N–H and O–H groups in total. The molecule has 2 aromatic rings. The Balaban J connectivity index is 1.39. The van der Waals surface area contributed by atoms with E-state index in [-0.39, 0.29) is 5.41 Å². The van der Waals surface area contributed by atoms with E-state index >= 15 is 0 Å². The zero-order chi connectivity index (χ0) is 19.6. The minimum Gasteiger partial charge on any atom is -0.444 e. The molecule has 2 aliphatic rings. The van der Waals surface area contributed by atoms with E-state index in [2.05, 4.69) is 45.8 Å². The summed E-state index contributed by atoms with van der Waals surface area (Å²) in [5.41, 5.74) is 2.64. The lowest BCUT2D eigenvalue weighted by Crippen LogP contribution is -2.37. The summed E-state index contributed by atoms with van der Waals surface area (Å²) in [6, 6.07) is 0. The highest BCUT2D eigenvalue weighted by Gasteiger charge is 2.27. The lowest BCUT2D eigenvalue weighted by molar-refractivity contribution is 0.0339. The van der Waals surface area contributed by atoms with E-state index in [9.17, 15) is 0 Å². The molecule has 0 radical (unpaired) electrons. The SMILES string of the molecule is CC(C)(C)c1cnc(CN2CCC[C@@H](c3[nH]ncc3CN3CCOCC3)C2)o1. The fourth-order valence-corrected chi connectivity index (χ4v) is 4.16. The molecular formula is C21H33N5O2. The van der Waals surface area contributed by atoms with Crippen LogP contribution in [0, 0.1) is 0 Å². The van der Waals surface area contributed by atoms with Crippen LogP contribution in [0.2, 0.25) is 0 Å². The molecule has 0 amide bonds. The van der Waals surface area contributed by atoms with E-state index in [1.807, 2.05) is 12.4 Å². The van der Waals surface area contributed by atoms with Crippen molar-refractivity contribution < 1.29 is 9.15 Å². The highest BCUT2D eigenvalue weighted by molar-refractivity contribution is 5.21. The number of oxazole rings is 1. The predicted molar refractivity (Wildman–Crippen MR) is 107 cm³/mol. The maximum atomic E-state index is 6.01. The normalized spacial score (nSPS) is 22.6. The molecule has 28 heavy (non-hydrogen) atoms. The molecule has 1 atom stereocenters. The molecule has 0 bridgehead atoms. The number of nitrogens with one attached hydrogen (secondary N) is 1. The van der Waals surface area contributed by atoms with Gasteiger partial charge >= 0.3 is 0 Å². The fraction of sp³-hybridized carbons (Fsp3) is 0.714. The Labute approximate surface area is 167 Å². The summed E-state index contributed by atoms with van der Waals surface area (Å²) >= 11 is 0. The highest BCUT2D eigenvalue weighted by atomic mass is 16.5. The monoisotopic (exact) mass is 387 g/mol. The van der Waals surface area contributed by atoms with E-state index < -0.39 is 0 Å². The number of H-pyrrole nitrogens is 1. The lowest BCUT2D eigenvalue weighted by atomic mass is 9.92. The molecule has 0 aliphatic carbocycles. The van der Waals surface area contributed by atoms with Gasteiger partial charge in [-0.25, -0.2) is 4.98 Å². The second-order valence-electron chi connectivity index (χ2n) is 9.14. The quantitative estimate of drug-likeness (QED) is 0.851. The number of nitrogens with zero attached hydrogens (tertiary/aromatic N) is 4. The van der Waals surface area contributed by atoms with Crippen molar-refractivity contribution in [1.29, 1.82) is 0 Å². The predicted octanol–water partition coefficient (Wildman–Crippen LogP) is 2.91. The summed E-state index contributed by atoms with van der Waals surface area (Å²) in [5, 5.41) is 7.67. The minimum absolute atomic E-state index is 0.00000474. The Morgan fingerprint density at radius 2 is 1.93 bits per heavy atom. The smallest absolute Gasteiger partial charge is 0.208 e. The molecule has 0 spiro atoms. The van der Waals surface area contributed by atoms with Crippen LogP contribution in [-0.4, -0.2) is 64.4 Å². The summed E-state index contributed by atoms with van der Waals surface area (Å²) < 4.78 is 11.5. The van der Waals surface area contributed by atoms with Gasteiger partial charge in [-0.15, -0.1) is 0 Å². The van der Waals surface area contributed by atoms with Crippen LogP contribution in [0.15, 0.2) is 16.8 Å². The molecule has 0 saturated carbocycles. The molecule has 2 saturated heterocycles. The average molecular weight is 388 g/mol. The Morgan fingerprint density at radius 1 is 1.11 bits per heavy atom.